The molecule has 0 saturated carbocycles. The third-order valence-corrected chi connectivity index (χ3v) is 2.34. The number of hydrogen-bond donors (Lipinski definition) is 1. The lowest BCUT2D eigenvalue weighted by molar-refractivity contribution is 0.314. The molecule has 0 aliphatic rings. The van der Waals surface area contributed by atoms with Crippen LogP contribution >= 0.6 is 15.9 Å². The molecule has 0 aromatic heterocycles. The van der Waals surface area contributed by atoms with E-state index in [0.717, 1.165) is 17.6 Å². The van der Waals surface area contributed by atoms with Crippen molar-refractivity contribution in [3.63, 3.8) is 0 Å². The Balaban J connectivity index is 2.59. The number of rotatable bonds is 5. The topological polar surface area (TPSA) is 45.0 Å². The Hall–Kier alpha value is -1.05. The van der Waals surface area contributed by atoms with Gasteiger partial charge in [-0.05, 0) is 24.7 Å². The summed E-state index contributed by atoms with van der Waals surface area (Å²) in [6.07, 6.45) is 0. The number of ether oxygens (including phenoxy) is 1. The van der Waals surface area contributed by atoms with E-state index < -0.39 is 0 Å². The largest absolute Gasteiger partial charge is 0.491 e. The Morgan fingerprint density at radius 3 is 3.00 bits per heavy atom. The van der Waals surface area contributed by atoms with E-state index in [1.165, 1.54) is 0 Å². The van der Waals surface area contributed by atoms with Gasteiger partial charge in [0.05, 0.1) is 5.56 Å². The highest BCUT2D eigenvalue weighted by molar-refractivity contribution is 9.10. The van der Waals surface area contributed by atoms with Crippen molar-refractivity contribution in [2.24, 2.45) is 0 Å². The Bertz CT molecular complexity index is 360. The van der Waals surface area contributed by atoms with Crippen LogP contribution in [0.1, 0.15) is 12.5 Å². The zero-order valence-corrected chi connectivity index (χ0v) is 10.2. The molecule has 0 bridgehead atoms. The summed E-state index contributed by atoms with van der Waals surface area (Å²) < 4.78 is 6.41. The summed E-state index contributed by atoms with van der Waals surface area (Å²) in [5.74, 6) is 0.629. The minimum absolute atomic E-state index is 0.565. The van der Waals surface area contributed by atoms with Gasteiger partial charge in [-0.3, -0.25) is 0 Å². The van der Waals surface area contributed by atoms with Gasteiger partial charge in [0.25, 0.3) is 0 Å². The summed E-state index contributed by atoms with van der Waals surface area (Å²) in [4.78, 5) is 0. The molecule has 0 amide bonds. The van der Waals surface area contributed by atoms with Gasteiger partial charge in [0, 0.05) is 11.0 Å². The molecule has 4 heteroatoms. The van der Waals surface area contributed by atoms with Crippen molar-refractivity contribution >= 4 is 15.9 Å². The fourth-order valence-electron chi connectivity index (χ4n) is 1.12. The van der Waals surface area contributed by atoms with Gasteiger partial charge in [0.1, 0.15) is 18.4 Å². The summed E-state index contributed by atoms with van der Waals surface area (Å²) in [5.41, 5.74) is 0.565. The van der Waals surface area contributed by atoms with E-state index in [1.54, 1.807) is 6.07 Å². The van der Waals surface area contributed by atoms with E-state index >= 15 is 0 Å². The second-order valence-corrected chi connectivity index (χ2v) is 3.87. The van der Waals surface area contributed by atoms with Crippen LogP contribution in [0, 0.1) is 11.3 Å². The van der Waals surface area contributed by atoms with E-state index in [2.05, 4.69) is 27.3 Å². The van der Waals surface area contributed by atoms with Gasteiger partial charge in [-0.2, -0.15) is 5.26 Å². The smallest absolute Gasteiger partial charge is 0.138 e. The van der Waals surface area contributed by atoms with E-state index in [9.17, 15) is 0 Å². The molecular weight excluding hydrogens is 256 g/mol. The highest BCUT2D eigenvalue weighted by Gasteiger charge is 2.03. The fourth-order valence-corrected chi connectivity index (χ4v) is 1.46. The minimum atomic E-state index is 0.565. The normalized spacial score (nSPS) is 9.67. The van der Waals surface area contributed by atoms with Crippen molar-refractivity contribution in [3.05, 3.63) is 28.2 Å². The third-order valence-electron chi connectivity index (χ3n) is 1.85. The molecule has 80 valence electrons. The number of nitrogens with one attached hydrogen (secondary N) is 1. The lowest BCUT2D eigenvalue weighted by Gasteiger charge is -2.08. The average molecular weight is 269 g/mol. The molecule has 0 fully saturated rings. The average Bonchev–Trinajstić information content (AvgIpc) is 2.25. The van der Waals surface area contributed by atoms with Gasteiger partial charge in [-0.1, -0.05) is 22.9 Å². The van der Waals surface area contributed by atoms with Crippen LogP contribution in [0.2, 0.25) is 0 Å². The number of nitriles is 1. The van der Waals surface area contributed by atoms with Crippen molar-refractivity contribution in [3.8, 4) is 11.8 Å². The Morgan fingerprint density at radius 2 is 2.33 bits per heavy atom. The van der Waals surface area contributed by atoms with Gasteiger partial charge in [-0.15, -0.1) is 0 Å². The molecule has 0 heterocycles. The number of benzene rings is 1. The Morgan fingerprint density at radius 1 is 1.53 bits per heavy atom. The Kier molecular flexibility index (Phi) is 5.16. The highest BCUT2D eigenvalue weighted by Crippen LogP contribution is 2.22. The molecule has 1 aromatic carbocycles. The number of likely N-dealkylation sites (N-methyl/N-ethyl adjacent to an activating group) is 1. The van der Waals surface area contributed by atoms with Gasteiger partial charge in [0.2, 0.25) is 0 Å². The molecule has 0 spiro atoms. The monoisotopic (exact) mass is 268 g/mol. The Labute approximate surface area is 98.2 Å². The zero-order chi connectivity index (χ0) is 11.1. The van der Waals surface area contributed by atoms with Gasteiger partial charge >= 0.3 is 0 Å². The SMILES string of the molecule is CCNCCOc1cc(Br)ccc1C#N. The van der Waals surface area contributed by atoms with Crippen LogP contribution in [0.5, 0.6) is 5.75 Å². The number of halogens is 1. The molecular formula is C11H13BrN2O. The summed E-state index contributed by atoms with van der Waals surface area (Å²) >= 11 is 3.34. The zero-order valence-electron chi connectivity index (χ0n) is 8.59. The predicted octanol–water partition coefficient (Wildman–Crippen LogP) is 2.31. The lowest BCUT2D eigenvalue weighted by atomic mass is 10.2. The first kappa shape index (κ1) is 12.0. The summed E-state index contributed by atoms with van der Waals surface area (Å²) in [5, 5.41) is 12.0. The molecule has 0 unspecified atom stereocenters. The third kappa shape index (κ3) is 3.90. The molecule has 0 saturated heterocycles. The van der Waals surface area contributed by atoms with Crippen molar-refractivity contribution in [2.45, 2.75) is 6.92 Å². The minimum Gasteiger partial charge on any atom is -0.491 e. The molecule has 1 aromatic rings. The number of hydrogen-bond acceptors (Lipinski definition) is 3. The van der Waals surface area contributed by atoms with E-state index in [4.69, 9.17) is 10.00 Å². The quantitative estimate of drug-likeness (QED) is 0.834. The molecule has 15 heavy (non-hydrogen) atoms. The van der Waals surface area contributed by atoms with Gasteiger partial charge in [0.15, 0.2) is 0 Å². The molecule has 0 aliphatic carbocycles. The molecule has 1 rings (SSSR count). The fraction of sp³-hybridized carbons (Fsp3) is 0.364. The van der Waals surface area contributed by atoms with Crippen molar-refractivity contribution < 1.29 is 4.74 Å². The maximum Gasteiger partial charge on any atom is 0.138 e. The van der Waals surface area contributed by atoms with Gasteiger partial charge < -0.3 is 10.1 Å². The summed E-state index contributed by atoms with van der Waals surface area (Å²) in [6, 6.07) is 7.48. The molecule has 1 N–H and O–H groups in total. The van der Waals surface area contributed by atoms with Crippen LogP contribution in [-0.2, 0) is 0 Å². The predicted molar refractivity (Wildman–Crippen MR) is 62.9 cm³/mol. The second kappa shape index (κ2) is 6.44. The molecule has 0 atom stereocenters. The second-order valence-electron chi connectivity index (χ2n) is 2.95. The van der Waals surface area contributed by atoms with E-state index in [1.807, 2.05) is 19.1 Å². The molecule has 0 radical (unpaired) electrons. The van der Waals surface area contributed by atoms with Crippen LogP contribution in [0.4, 0.5) is 0 Å². The van der Waals surface area contributed by atoms with Gasteiger partial charge in [-0.25, -0.2) is 0 Å². The lowest BCUT2D eigenvalue weighted by Crippen LogP contribution is -2.20. The summed E-state index contributed by atoms with van der Waals surface area (Å²) in [6.45, 7) is 4.32. The van der Waals surface area contributed by atoms with Crippen LogP contribution in [0.3, 0.4) is 0 Å². The van der Waals surface area contributed by atoms with Crippen LogP contribution in [0.15, 0.2) is 22.7 Å². The van der Waals surface area contributed by atoms with Crippen LogP contribution in [-0.4, -0.2) is 19.7 Å². The standard InChI is InChI=1S/C11H13BrN2O/c1-2-14-5-6-15-11-7-10(12)4-3-9(11)8-13/h3-4,7,14H,2,5-6H2,1H3. The molecule has 0 aliphatic heterocycles. The van der Waals surface area contributed by atoms with Crippen LogP contribution in [0.25, 0.3) is 0 Å². The molecule has 3 nitrogen and oxygen atoms in total. The first-order valence-corrected chi connectivity index (χ1v) is 5.60. The van der Waals surface area contributed by atoms with E-state index in [-0.39, 0.29) is 0 Å². The first-order valence-electron chi connectivity index (χ1n) is 4.81. The first-order chi connectivity index (χ1) is 7.27. The highest BCUT2D eigenvalue weighted by atomic mass is 79.9. The maximum absolute atomic E-state index is 8.85. The van der Waals surface area contributed by atoms with Crippen LogP contribution < -0.4 is 10.1 Å². The van der Waals surface area contributed by atoms with E-state index in [0.29, 0.717) is 17.9 Å². The van der Waals surface area contributed by atoms with Crippen molar-refractivity contribution in [2.75, 3.05) is 19.7 Å². The van der Waals surface area contributed by atoms with Crippen molar-refractivity contribution in [1.29, 1.82) is 5.26 Å². The summed E-state index contributed by atoms with van der Waals surface area (Å²) in [7, 11) is 0. The van der Waals surface area contributed by atoms with Crippen molar-refractivity contribution in [1.82, 2.24) is 5.32 Å². The number of nitrogens with zero attached hydrogens (tertiary/aromatic N) is 1. The maximum atomic E-state index is 8.85.